The molecule has 0 saturated carbocycles. The van der Waals surface area contributed by atoms with Crippen molar-refractivity contribution in [2.24, 2.45) is 4.99 Å². The number of carboxylic acids is 1. The van der Waals surface area contributed by atoms with Gasteiger partial charge < -0.3 is 19.7 Å². The Morgan fingerprint density at radius 1 is 0.933 bits per heavy atom. The fourth-order valence-electron chi connectivity index (χ4n) is 5.12. The third kappa shape index (κ3) is 10.1. The number of unbranched alkanes of at least 4 members (excludes halogenated alkanes) is 1. The first-order valence-electron chi connectivity index (χ1n) is 15.6. The lowest BCUT2D eigenvalue weighted by Gasteiger charge is -2.31. The van der Waals surface area contributed by atoms with Gasteiger partial charge >= 0.3 is 5.97 Å². The fourth-order valence-corrected chi connectivity index (χ4v) is 5.12. The molecule has 2 aromatic carbocycles. The molecular formula is C39H43NO5. The van der Waals surface area contributed by atoms with Gasteiger partial charge in [0, 0.05) is 19.1 Å². The normalized spacial score (nSPS) is 16.5. The van der Waals surface area contributed by atoms with Gasteiger partial charge in [-0.1, -0.05) is 98.4 Å². The average Bonchev–Trinajstić information content (AvgIpc) is 3.46. The second-order valence-electron chi connectivity index (χ2n) is 11.2. The molecule has 2 aliphatic carbocycles. The summed E-state index contributed by atoms with van der Waals surface area (Å²) < 4.78 is 12.1. The summed E-state index contributed by atoms with van der Waals surface area (Å²) in [4.78, 5) is 17.1. The second kappa shape index (κ2) is 16.9. The van der Waals surface area contributed by atoms with Crippen molar-refractivity contribution in [1.82, 2.24) is 0 Å². The molecule has 1 unspecified atom stereocenters. The SMILES string of the molecule is CCCCC(Cc1ccc(OCC/C(N=CC2=CC=C(C3=CC=CC=CC3)C=CC2)=C(\C)O)cc1)(Oc1ccccc1)C(=O)O. The topological polar surface area (TPSA) is 88.4 Å². The molecule has 0 aliphatic heterocycles. The van der Waals surface area contributed by atoms with Crippen molar-refractivity contribution in [3.63, 3.8) is 0 Å². The lowest BCUT2D eigenvalue weighted by atomic mass is 9.89. The summed E-state index contributed by atoms with van der Waals surface area (Å²) in [7, 11) is 0. The summed E-state index contributed by atoms with van der Waals surface area (Å²) >= 11 is 0. The molecule has 0 fully saturated rings. The zero-order valence-corrected chi connectivity index (χ0v) is 26.2. The molecule has 0 radical (unpaired) electrons. The van der Waals surface area contributed by atoms with Crippen LogP contribution in [0.1, 0.15) is 57.9 Å². The molecule has 0 spiro atoms. The van der Waals surface area contributed by atoms with Gasteiger partial charge in [-0.2, -0.15) is 0 Å². The first-order valence-corrected chi connectivity index (χ1v) is 15.6. The largest absolute Gasteiger partial charge is 0.511 e. The van der Waals surface area contributed by atoms with Crippen molar-refractivity contribution >= 4 is 12.2 Å². The number of allylic oxidation sites excluding steroid dienone is 13. The molecule has 1 atom stereocenters. The van der Waals surface area contributed by atoms with Crippen LogP contribution in [0.25, 0.3) is 0 Å². The number of nitrogens with zero attached hydrogens (tertiary/aromatic N) is 1. The van der Waals surface area contributed by atoms with Crippen LogP contribution >= 0.6 is 0 Å². The molecule has 4 rings (SSSR count). The fraction of sp³-hybridized carbons (Fsp3) is 0.282. The summed E-state index contributed by atoms with van der Waals surface area (Å²) in [6.45, 7) is 4.00. The van der Waals surface area contributed by atoms with Gasteiger partial charge in [0.15, 0.2) is 0 Å². The Hall–Kier alpha value is -4.84. The van der Waals surface area contributed by atoms with E-state index in [0.29, 0.717) is 36.6 Å². The first kappa shape index (κ1) is 33.1. The molecule has 0 saturated heterocycles. The Labute approximate surface area is 266 Å². The third-order valence-corrected chi connectivity index (χ3v) is 7.70. The van der Waals surface area contributed by atoms with E-state index >= 15 is 0 Å². The van der Waals surface area contributed by atoms with Gasteiger partial charge in [0.1, 0.15) is 17.3 Å². The number of hydrogen-bond donors (Lipinski definition) is 2. The lowest BCUT2D eigenvalue weighted by Crippen LogP contribution is -2.46. The number of hydrogen-bond acceptors (Lipinski definition) is 5. The highest BCUT2D eigenvalue weighted by molar-refractivity contribution is 5.81. The van der Waals surface area contributed by atoms with E-state index in [0.717, 1.165) is 36.8 Å². The van der Waals surface area contributed by atoms with Crippen LogP contribution in [-0.2, 0) is 11.2 Å². The standard InChI is InChI=1S/C39H43NO5/c1-3-4-26-39(38(42)43,45-36-17-10-7-11-18-36)28-31-20-23-35(24-21-31)44-27-25-37(30(2)41)40-29-32-13-12-16-34(22-19-32)33-14-8-5-6-9-15-33/h5-12,14,16-24,29,41H,3-4,13,15,25-28H2,1-2H3,(H,42,43)/b37-30-,40-29?. The maximum atomic E-state index is 12.5. The van der Waals surface area contributed by atoms with Gasteiger partial charge in [-0.3, -0.25) is 4.99 Å². The van der Waals surface area contributed by atoms with Gasteiger partial charge in [-0.25, -0.2) is 4.79 Å². The van der Waals surface area contributed by atoms with E-state index in [-0.39, 0.29) is 12.2 Å². The van der Waals surface area contributed by atoms with Gasteiger partial charge in [-0.15, -0.1) is 0 Å². The Morgan fingerprint density at radius 2 is 1.73 bits per heavy atom. The van der Waals surface area contributed by atoms with Crippen LogP contribution < -0.4 is 9.47 Å². The Morgan fingerprint density at radius 3 is 2.47 bits per heavy atom. The van der Waals surface area contributed by atoms with Crippen LogP contribution in [0.4, 0.5) is 0 Å². The predicted molar refractivity (Wildman–Crippen MR) is 182 cm³/mol. The van der Waals surface area contributed by atoms with E-state index in [2.05, 4.69) is 53.6 Å². The summed E-state index contributed by atoms with van der Waals surface area (Å²) in [5.41, 5.74) is 3.54. The molecule has 45 heavy (non-hydrogen) atoms. The first-order chi connectivity index (χ1) is 21.9. The summed E-state index contributed by atoms with van der Waals surface area (Å²) in [5, 5.41) is 20.5. The molecule has 0 amide bonds. The number of carboxylic acid groups (broad SMARTS) is 1. The molecule has 6 heteroatoms. The number of rotatable bonds is 15. The van der Waals surface area contributed by atoms with Crippen LogP contribution in [0.5, 0.6) is 11.5 Å². The number of carbonyl (C=O) groups is 1. The number of aliphatic hydroxyl groups excluding tert-OH is 1. The monoisotopic (exact) mass is 605 g/mol. The zero-order valence-electron chi connectivity index (χ0n) is 26.2. The molecule has 0 heterocycles. The van der Waals surface area contributed by atoms with Crippen molar-refractivity contribution < 1.29 is 24.5 Å². The smallest absolute Gasteiger partial charge is 0.348 e. The van der Waals surface area contributed by atoms with E-state index in [9.17, 15) is 15.0 Å². The number of ether oxygens (including phenoxy) is 2. The summed E-state index contributed by atoms with van der Waals surface area (Å²) in [5.74, 6) is 0.377. The molecule has 2 aliphatic rings. The van der Waals surface area contributed by atoms with Crippen molar-refractivity contribution in [3.05, 3.63) is 143 Å². The van der Waals surface area contributed by atoms with E-state index in [1.807, 2.05) is 55.5 Å². The molecule has 0 bridgehead atoms. The second-order valence-corrected chi connectivity index (χ2v) is 11.2. The maximum absolute atomic E-state index is 12.5. The van der Waals surface area contributed by atoms with Crippen LogP contribution in [-0.4, -0.2) is 34.6 Å². The molecule has 2 N–H and O–H groups in total. The van der Waals surface area contributed by atoms with E-state index in [1.54, 1.807) is 25.3 Å². The number of aliphatic hydroxyl groups is 1. The maximum Gasteiger partial charge on any atom is 0.348 e. The minimum absolute atomic E-state index is 0.156. The average molecular weight is 606 g/mol. The Kier molecular flexibility index (Phi) is 12.4. The Bertz CT molecular complexity index is 1530. The van der Waals surface area contributed by atoms with E-state index in [1.165, 1.54) is 11.1 Å². The minimum Gasteiger partial charge on any atom is -0.511 e. The predicted octanol–water partition coefficient (Wildman–Crippen LogP) is 9.21. The number of benzene rings is 2. The van der Waals surface area contributed by atoms with Gasteiger partial charge in [0.25, 0.3) is 0 Å². The van der Waals surface area contributed by atoms with Gasteiger partial charge in [0.2, 0.25) is 5.60 Å². The van der Waals surface area contributed by atoms with Crippen molar-refractivity contribution in [3.8, 4) is 11.5 Å². The summed E-state index contributed by atoms with van der Waals surface area (Å²) in [6, 6.07) is 16.6. The highest BCUT2D eigenvalue weighted by atomic mass is 16.5. The molecule has 6 nitrogen and oxygen atoms in total. The van der Waals surface area contributed by atoms with Crippen molar-refractivity contribution in [1.29, 1.82) is 0 Å². The van der Waals surface area contributed by atoms with Crippen LogP contribution in [0.3, 0.4) is 0 Å². The highest BCUT2D eigenvalue weighted by Gasteiger charge is 2.40. The van der Waals surface area contributed by atoms with Crippen LogP contribution in [0, 0.1) is 0 Å². The minimum atomic E-state index is -1.36. The molecular weight excluding hydrogens is 562 g/mol. The highest BCUT2D eigenvalue weighted by Crippen LogP contribution is 2.29. The summed E-state index contributed by atoms with van der Waals surface area (Å²) in [6.07, 6.45) is 25.0. The molecule has 0 aromatic heterocycles. The molecule has 2 aromatic rings. The van der Waals surface area contributed by atoms with Crippen molar-refractivity contribution in [2.45, 2.75) is 64.4 Å². The third-order valence-electron chi connectivity index (χ3n) is 7.70. The lowest BCUT2D eigenvalue weighted by molar-refractivity contribution is -0.156. The number of aliphatic imine (C=N–C) groups is 1. The molecule has 234 valence electrons. The van der Waals surface area contributed by atoms with Crippen LogP contribution in [0.15, 0.2) is 142 Å². The van der Waals surface area contributed by atoms with Crippen molar-refractivity contribution in [2.75, 3.05) is 6.61 Å². The van der Waals surface area contributed by atoms with Gasteiger partial charge in [-0.05, 0) is 79.2 Å². The quantitative estimate of drug-likeness (QED) is 0.156. The number of para-hydroxylation sites is 1. The number of aliphatic carboxylic acids is 1. The van der Waals surface area contributed by atoms with E-state index in [4.69, 9.17) is 9.47 Å². The van der Waals surface area contributed by atoms with Crippen LogP contribution in [0.2, 0.25) is 0 Å². The zero-order chi connectivity index (χ0) is 31.9. The van der Waals surface area contributed by atoms with E-state index < -0.39 is 11.6 Å². The Balaban J connectivity index is 1.35. The van der Waals surface area contributed by atoms with Gasteiger partial charge in [0.05, 0.1) is 12.3 Å².